The maximum atomic E-state index is 6.26. The summed E-state index contributed by atoms with van der Waals surface area (Å²) in [7, 11) is 0. The van der Waals surface area contributed by atoms with Crippen molar-refractivity contribution in [3.8, 4) is 0 Å². The van der Waals surface area contributed by atoms with E-state index in [4.69, 9.17) is 4.74 Å². The minimum Gasteiger partial charge on any atom is -0.371 e. The van der Waals surface area contributed by atoms with Crippen LogP contribution in [-0.4, -0.2) is 51.2 Å². The van der Waals surface area contributed by atoms with Gasteiger partial charge in [-0.25, -0.2) is 9.97 Å². The highest BCUT2D eigenvalue weighted by Gasteiger charge is 2.43. The van der Waals surface area contributed by atoms with Gasteiger partial charge in [-0.1, -0.05) is 6.07 Å². The van der Waals surface area contributed by atoms with Crippen LogP contribution in [0.3, 0.4) is 0 Å². The van der Waals surface area contributed by atoms with Gasteiger partial charge in [-0.3, -0.25) is 9.88 Å². The second-order valence-electron chi connectivity index (χ2n) is 6.79. The smallest absolute Gasteiger partial charge is 0.222 e. The molecule has 4 heterocycles. The van der Waals surface area contributed by atoms with E-state index < -0.39 is 0 Å². The first kappa shape index (κ1) is 15.5. The highest BCUT2D eigenvalue weighted by molar-refractivity contribution is 5.25. The molecule has 0 unspecified atom stereocenters. The molecule has 6 heteroatoms. The third kappa shape index (κ3) is 3.55. The van der Waals surface area contributed by atoms with Crippen LogP contribution in [0, 0.1) is 0 Å². The molecule has 1 spiro atoms. The fourth-order valence-corrected chi connectivity index (χ4v) is 3.85. The molecule has 1 N–H and O–H groups in total. The summed E-state index contributed by atoms with van der Waals surface area (Å²) in [4.78, 5) is 15.2. The number of ether oxygens (including phenoxy) is 1. The van der Waals surface area contributed by atoms with Gasteiger partial charge in [0.25, 0.3) is 0 Å². The molecule has 2 aliphatic rings. The van der Waals surface area contributed by atoms with Crippen molar-refractivity contribution < 1.29 is 4.74 Å². The Morgan fingerprint density at radius 1 is 1.25 bits per heavy atom. The van der Waals surface area contributed by atoms with Gasteiger partial charge in [0.1, 0.15) is 0 Å². The topological polar surface area (TPSA) is 63.2 Å². The minimum absolute atomic E-state index is 0.0348. The molecular weight excluding hydrogens is 302 g/mol. The zero-order valence-electron chi connectivity index (χ0n) is 13.8. The Kier molecular flexibility index (Phi) is 4.40. The number of piperidine rings is 1. The lowest BCUT2D eigenvalue weighted by Crippen LogP contribution is -2.47. The monoisotopic (exact) mass is 325 g/mol. The number of hydrogen-bond acceptors (Lipinski definition) is 6. The average Bonchev–Trinajstić information content (AvgIpc) is 2.98. The van der Waals surface area contributed by atoms with Gasteiger partial charge < -0.3 is 10.1 Å². The van der Waals surface area contributed by atoms with E-state index in [0.717, 1.165) is 39.1 Å². The van der Waals surface area contributed by atoms with Crippen molar-refractivity contribution in [1.82, 2.24) is 19.9 Å². The fraction of sp³-hybridized carbons (Fsp3) is 0.500. The van der Waals surface area contributed by atoms with Crippen molar-refractivity contribution in [2.24, 2.45) is 0 Å². The number of anilines is 1. The molecule has 2 saturated heterocycles. The second-order valence-corrected chi connectivity index (χ2v) is 6.79. The first-order valence-electron chi connectivity index (χ1n) is 8.60. The number of hydrogen-bond donors (Lipinski definition) is 1. The van der Waals surface area contributed by atoms with E-state index in [2.05, 4.69) is 31.2 Å². The second kappa shape index (κ2) is 6.83. The number of pyridine rings is 1. The van der Waals surface area contributed by atoms with E-state index >= 15 is 0 Å². The Morgan fingerprint density at radius 2 is 2.17 bits per heavy atom. The minimum atomic E-state index is -0.0348. The van der Waals surface area contributed by atoms with Crippen LogP contribution in [0.5, 0.6) is 0 Å². The molecule has 126 valence electrons. The van der Waals surface area contributed by atoms with Crippen LogP contribution >= 0.6 is 0 Å². The highest BCUT2D eigenvalue weighted by Crippen LogP contribution is 2.35. The third-order valence-electron chi connectivity index (χ3n) is 4.86. The summed E-state index contributed by atoms with van der Waals surface area (Å²) in [5.41, 5.74) is 1.23. The predicted octanol–water partition coefficient (Wildman–Crippen LogP) is 2.11. The molecule has 0 aliphatic carbocycles. The number of aromatic nitrogens is 3. The lowest BCUT2D eigenvalue weighted by atomic mass is 9.88. The molecule has 24 heavy (non-hydrogen) atoms. The summed E-state index contributed by atoms with van der Waals surface area (Å²) in [5, 5.41) is 3.40. The van der Waals surface area contributed by atoms with Gasteiger partial charge in [0.05, 0.1) is 18.2 Å². The Morgan fingerprint density at radius 3 is 3.00 bits per heavy atom. The van der Waals surface area contributed by atoms with Crippen LogP contribution in [0.1, 0.15) is 24.8 Å². The molecule has 0 aromatic carbocycles. The molecule has 0 radical (unpaired) electrons. The van der Waals surface area contributed by atoms with Gasteiger partial charge in [0.15, 0.2) is 0 Å². The molecular formula is C18H23N5O. The van der Waals surface area contributed by atoms with Crippen LogP contribution < -0.4 is 5.32 Å². The summed E-state index contributed by atoms with van der Waals surface area (Å²) < 4.78 is 6.26. The molecule has 2 aromatic heterocycles. The van der Waals surface area contributed by atoms with Crippen molar-refractivity contribution in [1.29, 1.82) is 0 Å². The maximum absolute atomic E-state index is 6.26. The van der Waals surface area contributed by atoms with Crippen LogP contribution in [0.15, 0.2) is 43.0 Å². The molecule has 2 fully saturated rings. The van der Waals surface area contributed by atoms with E-state index in [0.29, 0.717) is 5.95 Å². The summed E-state index contributed by atoms with van der Waals surface area (Å²) in [5.74, 6) is 0.686. The van der Waals surface area contributed by atoms with E-state index in [9.17, 15) is 0 Å². The summed E-state index contributed by atoms with van der Waals surface area (Å²) in [6.07, 6.45) is 10.6. The number of nitrogens with zero attached hydrogens (tertiary/aromatic N) is 4. The largest absolute Gasteiger partial charge is 0.371 e. The Bertz CT molecular complexity index is 653. The molecule has 4 rings (SSSR count). The average molecular weight is 325 g/mol. The van der Waals surface area contributed by atoms with Crippen molar-refractivity contribution in [3.05, 3.63) is 48.5 Å². The normalized spacial score (nSPS) is 27.4. The summed E-state index contributed by atoms with van der Waals surface area (Å²) in [6.45, 7) is 3.77. The first-order valence-corrected chi connectivity index (χ1v) is 8.60. The van der Waals surface area contributed by atoms with Gasteiger partial charge >= 0.3 is 0 Å². The van der Waals surface area contributed by atoms with Crippen LogP contribution in [0.2, 0.25) is 0 Å². The molecule has 6 nitrogen and oxygen atoms in total. The Hall–Kier alpha value is -2.05. The first-order chi connectivity index (χ1) is 11.8. The maximum Gasteiger partial charge on any atom is 0.222 e. The lowest BCUT2D eigenvalue weighted by molar-refractivity contribution is -0.0533. The van der Waals surface area contributed by atoms with Gasteiger partial charge in [-0.2, -0.15) is 0 Å². The van der Waals surface area contributed by atoms with Gasteiger partial charge in [-0.05, 0) is 37.1 Å². The van der Waals surface area contributed by atoms with E-state index in [-0.39, 0.29) is 11.6 Å². The lowest BCUT2D eigenvalue weighted by Gasteiger charge is -2.39. The number of nitrogens with one attached hydrogen (secondary N) is 1. The fourth-order valence-electron chi connectivity index (χ4n) is 3.85. The molecule has 2 aromatic rings. The molecule has 0 saturated carbocycles. The molecule has 2 aliphatic heterocycles. The van der Waals surface area contributed by atoms with E-state index in [1.807, 2.05) is 24.5 Å². The van der Waals surface area contributed by atoms with Crippen molar-refractivity contribution >= 4 is 5.95 Å². The van der Waals surface area contributed by atoms with Crippen LogP contribution in [0.4, 0.5) is 5.95 Å². The Labute approximate surface area is 142 Å². The molecule has 0 amide bonds. The van der Waals surface area contributed by atoms with Gasteiger partial charge in [0, 0.05) is 44.3 Å². The zero-order chi connectivity index (χ0) is 16.2. The van der Waals surface area contributed by atoms with E-state index in [1.165, 1.54) is 12.0 Å². The van der Waals surface area contributed by atoms with Crippen molar-refractivity contribution in [3.63, 3.8) is 0 Å². The number of likely N-dealkylation sites (tertiary alicyclic amines) is 1. The predicted molar refractivity (Wildman–Crippen MR) is 91.5 cm³/mol. The van der Waals surface area contributed by atoms with Crippen molar-refractivity contribution in [2.75, 3.05) is 25.0 Å². The zero-order valence-corrected chi connectivity index (χ0v) is 13.8. The van der Waals surface area contributed by atoms with E-state index in [1.54, 1.807) is 12.4 Å². The van der Waals surface area contributed by atoms with Gasteiger partial charge in [0.2, 0.25) is 5.95 Å². The summed E-state index contributed by atoms with van der Waals surface area (Å²) in [6, 6.07) is 6.25. The SMILES string of the molecule is c1cnc(N[C@@H]2CO[C@]3(CCCN(Cc4cccnc4)C3)C2)nc1. The highest BCUT2D eigenvalue weighted by atomic mass is 16.5. The van der Waals surface area contributed by atoms with Crippen LogP contribution in [-0.2, 0) is 11.3 Å². The standard InChI is InChI=1S/C18H23N5O/c1-4-15(11-19-6-1)12-23-9-2-5-18(14-23)10-16(13-24-18)22-17-20-7-3-8-21-17/h1,3-4,6-8,11,16H,2,5,9-10,12-14H2,(H,20,21,22)/t16-,18+/m0/s1. The quantitative estimate of drug-likeness (QED) is 0.929. The summed E-state index contributed by atoms with van der Waals surface area (Å²) >= 11 is 0. The molecule has 0 bridgehead atoms. The number of rotatable bonds is 4. The van der Waals surface area contributed by atoms with Gasteiger partial charge in [-0.15, -0.1) is 0 Å². The van der Waals surface area contributed by atoms with Crippen molar-refractivity contribution in [2.45, 2.75) is 37.5 Å². The molecule has 2 atom stereocenters. The third-order valence-corrected chi connectivity index (χ3v) is 4.86. The Balaban J connectivity index is 1.37. The van der Waals surface area contributed by atoms with Crippen LogP contribution in [0.25, 0.3) is 0 Å².